The van der Waals surface area contributed by atoms with E-state index in [0.717, 1.165) is 37.5 Å². The highest BCUT2D eigenvalue weighted by molar-refractivity contribution is 6.33. The van der Waals surface area contributed by atoms with Crippen molar-refractivity contribution in [1.29, 1.82) is 0 Å². The molecular weight excluding hydrogens is 260 g/mol. The molecule has 1 aliphatic rings. The molecule has 19 heavy (non-hydrogen) atoms. The number of halogens is 1. The first-order chi connectivity index (χ1) is 9.10. The van der Waals surface area contributed by atoms with Gasteiger partial charge in [-0.2, -0.15) is 0 Å². The van der Waals surface area contributed by atoms with E-state index < -0.39 is 0 Å². The summed E-state index contributed by atoms with van der Waals surface area (Å²) in [6.07, 6.45) is 3.23. The van der Waals surface area contributed by atoms with Crippen LogP contribution in [0.25, 0.3) is 0 Å². The molecular formula is C15H21ClN2O. The average Bonchev–Trinajstić information content (AvgIpc) is 2.39. The Labute approximate surface area is 120 Å². The molecule has 0 N–H and O–H groups in total. The summed E-state index contributed by atoms with van der Waals surface area (Å²) < 4.78 is 0. The standard InChI is InChI=1S/C15H21ClN2O/c1-17(2)10-12-5-7-18(8-6-12)15-4-3-13(11-19)9-14(15)16/h3-4,9,11-12H,5-8,10H2,1-2H3. The Morgan fingerprint density at radius 3 is 2.58 bits per heavy atom. The van der Waals surface area contributed by atoms with Crippen molar-refractivity contribution in [2.45, 2.75) is 12.8 Å². The number of benzene rings is 1. The third-order valence-electron chi connectivity index (χ3n) is 3.69. The van der Waals surface area contributed by atoms with Gasteiger partial charge >= 0.3 is 0 Å². The minimum absolute atomic E-state index is 0.635. The van der Waals surface area contributed by atoms with Crippen molar-refractivity contribution in [2.24, 2.45) is 5.92 Å². The van der Waals surface area contributed by atoms with Crippen LogP contribution in [-0.2, 0) is 0 Å². The summed E-state index contributed by atoms with van der Waals surface area (Å²) in [5.41, 5.74) is 1.69. The molecule has 2 rings (SSSR count). The number of hydrogen-bond donors (Lipinski definition) is 0. The molecule has 104 valence electrons. The predicted octanol–water partition coefficient (Wildman–Crippen LogP) is 2.93. The largest absolute Gasteiger partial charge is 0.370 e. The molecule has 0 saturated carbocycles. The second kappa shape index (κ2) is 6.40. The topological polar surface area (TPSA) is 23.6 Å². The van der Waals surface area contributed by atoms with Crippen LogP contribution in [-0.4, -0.2) is 44.9 Å². The zero-order valence-electron chi connectivity index (χ0n) is 11.6. The molecule has 0 radical (unpaired) electrons. The van der Waals surface area contributed by atoms with E-state index in [1.807, 2.05) is 12.1 Å². The highest BCUT2D eigenvalue weighted by Gasteiger charge is 2.21. The summed E-state index contributed by atoms with van der Waals surface area (Å²) in [5.74, 6) is 0.777. The first-order valence-electron chi connectivity index (χ1n) is 6.74. The lowest BCUT2D eigenvalue weighted by Crippen LogP contribution is -2.37. The lowest BCUT2D eigenvalue weighted by atomic mass is 9.96. The molecule has 1 aromatic carbocycles. The highest BCUT2D eigenvalue weighted by Crippen LogP contribution is 2.30. The second-order valence-electron chi connectivity index (χ2n) is 5.52. The number of nitrogens with zero attached hydrogens (tertiary/aromatic N) is 2. The van der Waals surface area contributed by atoms with Crippen molar-refractivity contribution in [3.8, 4) is 0 Å². The number of aldehydes is 1. The van der Waals surface area contributed by atoms with Gasteiger partial charge < -0.3 is 9.80 Å². The Bertz CT molecular complexity index is 440. The van der Waals surface area contributed by atoms with E-state index in [4.69, 9.17) is 11.6 Å². The van der Waals surface area contributed by atoms with E-state index in [0.29, 0.717) is 10.6 Å². The van der Waals surface area contributed by atoms with Crippen LogP contribution in [0.15, 0.2) is 18.2 Å². The molecule has 1 aromatic rings. The fraction of sp³-hybridized carbons (Fsp3) is 0.533. The van der Waals surface area contributed by atoms with Crippen molar-refractivity contribution in [3.05, 3.63) is 28.8 Å². The summed E-state index contributed by atoms with van der Waals surface area (Å²) in [7, 11) is 4.25. The number of piperidine rings is 1. The Morgan fingerprint density at radius 1 is 1.37 bits per heavy atom. The van der Waals surface area contributed by atoms with Crippen LogP contribution in [0.2, 0.25) is 5.02 Å². The summed E-state index contributed by atoms with van der Waals surface area (Å²) >= 11 is 6.25. The third kappa shape index (κ3) is 3.71. The van der Waals surface area contributed by atoms with Gasteiger partial charge in [0.05, 0.1) is 10.7 Å². The normalized spacial score (nSPS) is 16.9. The number of carbonyl (C=O) groups is 1. The summed E-state index contributed by atoms with van der Waals surface area (Å²) in [6, 6.07) is 5.54. The summed E-state index contributed by atoms with van der Waals surface area (Å²) in [6.45, 7) is 3.24. The molecule has 1 heterocycles. The van der Waals surface area contributed by atoms with Crippen LogP contribution in [0.1, 0.15) is 23.2 Å². The number of anilines is 1. The van der Waals surface area contributed by atoms with Crippen LogP contribution in [0.3, 0.4) is 0 Å². The molecule has 0 bridgehead atoms. The maximum atomic E-state index is 10.7. The van der Waals surface area contributed by atoms with Gasteiger partial charge in [-0.25, -0.2) is 0 Å². The van der Waals surface area contributed by atoms with Gasteiger partial charge in [-0.1, -0.05) is 11.6 Å². The van der Waals surface area contributed by atoms with Crippen molar-refractivity contribution < 1.29 is 4.79 Å². The van der Waals surface area contributed by atoms with Crippen LogP contribution in [0.4, 0.5) is 5.69 Å². The molecule has 0 amide bonds. The van der Waals surface area contributed by atoms with Gasteiger partial charge in [0.25, 0.3) is 0 Å². The molecule has 1 saturated heterocycles. The summed E-state index contributed by atoms with van der Waals surface area (Å²) in [4.78, 5) is 15.3. The van der Waals surface area contributed by atoms with Gasteiger partial charge in [0.15, 0.2) is 0 Å². The van der Waals surface area contributed by atoms with Crippen molar-refractivity contribution in [3.63, 3.8) is 0 Å². The molecule has 0 spiro atoms. The number of rotatable bonds is 4. The smallest absolute Gasteiger partial charge is 0.150 e. The highest BCUT2D eigenvalue weighted by atomic mass is 35.5. The van der Waals surface area contributed by atoms with Gasteiger partial charge in [-0.3, -0.25) is 4.79 Å². The molecule has 1 fully saturated rings. The average molecular weight is 281 g/mol. The van der Waals surface area contributed by atoms with E-state index in [9.17, 15) is 4.79 Å². The first kappa shape index (κ1) is 14.4. The van der Waals surface area contributed by atoms with E-state index in [1.54, 1.807) is 6.07 Å². The van der Waals surface area contributed by atoms with Gasteiger partial charge in [0.2, 0.25) is 0 Å². The lowest BCUT2D eigenvalue weighted by molar-refractivity contribution is 0.112. The molecule has 0 aromatic heterocycles. The van der Waals surface area contributed by atoms with E-state index >= 15 is 0 Å². The third-order valence-corrected chi connectivity index (χ3v) is 3.99. The maximum Gasteiger partial charge on any atom is 0.150 e. The second-order valence-corrected chi connectivity index (χ2v) is 5.93. The molecule has 0 unspecified atom stereocenters. The van der Waals surface area contributed by atoms with Crippen LogP contribution < -0.4 is 4.90 Å². The van der Waals surface area contributed by atoms with Gasteiger partial charge in [-0.15, -0.1) is 0 Å². The van der Waals surface area contributed by atoms with E-state index in [1.165, 1.54) is 12.8 Å². The molecule has 4 heteroatoms. The van der Waals surface area contributed by atoms with Crippen molar-refractivity contribution in [2.75, 3.05) is 38.6 Å². The lowest BCUT2D eigenvalue weighted by Gasteiger charge is -2.35. The van der Waals surface area contributed by atoms with E-state index in [-0.39, 0.29) is 0 Å². The van der Waals surface area contributed by atoms with Crippen LogP contribution >= 0.6 is 11.6 Å². The Morgan fingerprint density at radius 2 is 2.05 bits per heavy atom. The van der Waals surface area contributed by atoms with Crippen LogP contribution in [0.5, 0.6) is 0 Å². The van der Waals surface area contributed by atoms with E-state index in [2.05, 4.69) is 23.9 Å². The molecule has 0 aliphatic carbocycles. The molecule has 3 nitrogen and oxygen atoms in total. The zero-order chi connectivity index (χ0) is 13.8. The molecule has 1 aliphatic heterocycles. The SMILES string of the molecule is CN(C)CC1CCN(c2ccc(C=O)cc2Cl)CC1. The minimum Gasteiger partial charge on any atom is -0.370 e. The zero-order valence-corrected chi connectivity index (χ0v) is 12.4. The minimum atomic E-state index is 0.635. The fourth-order valence-corrected chi connectivity index (χ4v) is 3.03. The number of carbonyl (C=O) groups excluding carboxylic acids is 1. The summed E-state index contributed by atoms with van der Waals surface area (Å²) in [5, 5.41) is 0.677. The Balaban J connectivity index is 1.99. The van der Waals surface area contributed by atoms with Gasteiger partial charge in [0, 0.05) is 25.2 Å². The maximum absolute atomic E-state index is 10.7. The predicted molar refractivity (Wildman–Crippen MR) is 80.3 cm³/mol. The van der Waals surface area contributed by atoms with Crippen molar-refractivity contribution in [1.82, 2.24) is 4.90 Å². The van der Waals surface area contributed by atoms with Crippen molar-refractivity contribution >= 4 is 23.6 Å². The number of hydrogen-bond acceptors (Lipinski definition) is 3. The molecule has 0 atom stereocenters. The monoisotopic (exact) mass is 280 g/mol. The fourth-order valence-electron chi connectivity index (χ4n) is 2.73. The quantitative estimate of drug-likeness (QED) is 0.793. The Kier molecular flexibility index (Phi) is 4.83. The first-order valence-corrected chi connectivity index (χ1v) is 7.12. The van der Waals surface area contributed by atoms with Gasteiger partial charge in [-0.05, 0) is 51.1 Å². The van der Waals surface area contributed by atoms with Gasteiger partial charge in [0.1, 0.15) is 6.29 Å². The van der Waals surface area contributed by atoms with Crippen LogP contribution in [0, 0.1) is 5.92 Å². The Hall–Kier alpha value is -1.06.